The van der Waals surface area contributed by atoms with E-state index in [1.165, 1.54) is 30.5 Å². The van der Waals surface area contributed by atoms with E-state index in [0.29, 0.717) is 6.04 Å². The van der Waals surface area contributed by atoms with Crippen molar-refractivity contribution in [3.8, 4) is 5.75 Å². The number of likely N-dealkylation sites (N-methyl/N-ethyl adjacent to an activating group) is 1. The van der Waals surface area contributed by atoms with Crippen molar-refractivity contribution in [2.75, 3.05) is 27.2 Å². The van der Waals surface area contributed by atoms with E-state index in [4.69, 9.17) is 4.74 Å². The van der Waals surface area contributed by atoms with Crippen LogP contribution in [0.15, 0.2) is 18.2 Å². The summed E-state index contributed by atoms with van der Waals surface area (Å²) in [6, 6.07) is 7.18. The van der Waals surface area contributed by atoms with Gasteiger partial charge in [0.1, 0.15) is 5.75 Å². The summed E-state index contributed by atoms with van der Waals surface area (Å²) in [6.45, 7) is 5.43. The van der Waals surface area contributed by atoms with Gasteiger partial charge in [0.05, 0.1) is 7.11 Å². The topological polar surface area (TPSA) is 24.5 Å². The Balaban J connectivity index is 1.99. The minimum Gasteiger partial charge on any atom is -0.496 e. The molecule has 1 saturated heterocycles. The Morgan fingerprint density at radius 1 is 1.42 bits per heavy atom. The Morgan fingerprint density at radius 2 is 2.26 bits per heavy atom. The van der Waals surface area contributed by atoms with Gasteiger partial charge in [-0.2, -0.15) is 0 Å². The van der Waals surface area contributed by atoms with Gasteiger partial charge in [-0.05, 0) is 44.5 Å². The van der Waals surface area contributed by atoms with Gasteiger partial charge in [0.25, 0.3) is 0 Å². The zero-order valence-corrected chi connectivity index (χ0v) is 12.4. The smallest absolute Gasteiger partial charge is 0.123 e. The summed E-state index contributed by atoms with van der Waals surface area (Å²) in [5, 5.41) is 3.55. The van der Waals surface area contributed by atoms with Crippen LogP contribution in [-0.4, -0.2) is 38.2 Å². The first kappa shape index (κ1) is 14.4. The molecule has 1 N–H and O–H groups in total. The number of benzene rings is 1. The summed E-state index contributed by atoms with van der Waals surface area (Å²) >= 11 is 0. The normalized spacial score (nSPS) is 19.1. The average molecular weight is 262 g/mol. The molecule has 0 saturated carbocycles. The van der Waals surface area contributed by atoms with Crippen molar-refractivity contribution in [3.05, 3.63) is 29.3 Å². The summed E-state index contributed by atoms with van der Waals surface area (Å²) in [7, 11) is 3.95. The maximum Gasteiger partial charge on any atom is 0.123 e. The molecule has 0 radical (unpaired) electrons. The summed E-state index contributed by atoms with van der Waals surface area (Å²) < 4.78 is 5.47. The third kappa shape index (κ3) is 3.95. The SMILES string of the molecule is CCc1ccc(OC)c(CN(C)CC2CCCN2)c1. The lowest BCUT2D eigenvalue weighted by atomic mass is 10.1. The highest BCUT2D eigenvalue weighted by Crippen LogP contribution is 2.22. The van der Waals surface area contributed by atoms with Crippen molar-refractivity contribution in [2.45, 2.75) is 38.8 Å². The largest absolute Gasteiger partial charge is 0.496 e. The molecule has 0 amide bonds. The first-order chi connectivity index (χ1) is 9.22. The van der Waals surface area contributed by atoms with E-state index in [2.05, 4.69) is 42.4 Å². The lowest BCUT2D eigenvalue weighted by Crippen LogP contribution is -2.35. The number of hydrogen-bond donors (Lipinski definition) is 1. The summed E-state index contributed by atoms with van der Waals surface area (Å²) in [5.74, 6) is 1.00. The van der Waals surface area contributed by atoms with Crippen LogP contribution in [0.3, 0.4) is 0 Å². The van der Waals surface area contributed by atoms with Gasteiger partial charge in [0, 0.05) is 24.7 Å². The first-order valence-electron chi connectivity index (χ1n) is 7.30. The minimum atomic E-state index is 0.658. The third-order valence-corrected chi connectivity index (χ3v) is 3.89. The lowest BCUT2D eigenvalue weighted by molar-refractivity contribution is 0.287. The molecule has 19 heavy (non-hydrogen) atoms. The maximum atomic E-state index is 5.47. The van der Waals surface area contributed by atoms with Gasteiger partial charge in [-0.15, -0.1) is 0 Å². The number of nitrogens with zero attached hydrogens (tertiary/aromatic N) is 1. The number of methoxy groups -OCH3 is 1. The van der Waals surface area contributed by atoms with Gasteiger partial charge in [-0.1, -0.05) is 19.1 Å². The van der Waals surface area contributed by atoms with Gasteiger partial charge < -0.3 is 15.0 Å². The van der Waals surface area contributed by atoms with Crippen molar-refractivity contribution >= 4 is 0 Å². The molecule has 1 fully saturated rings. The lowest BCUT2D eigenvalue weighted by Gasteiger charge is -2.22. The van der Waals surface area contributed by atoms with Crippen molar-refractivity contribution in [2.24, 2.45) is 0 Å². The van der Waals surface area contributed by atoms with Crippen LogP contribution in [0, 0.1) is 0 Å². The van der Waals surface area contributed by atoms with Crippen molar-refractivity contribution in [1.82, 2.24) is 10.2 Å². The van der Waals surface area contributed by atoms with Crippen LogP contribution in [0.1, 0.15) is 30.9 Å². The molecule has 1 aliphatic heterocycles. The average Bonchev–Trinajstić information content (AvgIpc) is 2.91. The van der Waals surface area contributed by atoms with Crippen LogP contribution in [0.4, 0.5) is 0 Å². The van der Waals surface area contributed by atoms with Gasteiger partial charge in [0.15, 0.2) is 0 Å². The van der Waals surface area contributed by atoms with Crippen LogP contribution >= 0.6 is 0 Å². The van der Waals surface area contributed by atoms with Crippen LogP contribution in [0.5, 0.6) is 5.75 Å². The molecular weight excluding hydrogens is 236 g/mol. The highest BCUT2D eigenvalue weighted by atomic mass is 16.5. The van der Waals surface area contributed by atoms with E-state index in [-0.39, 0.29) is 0 Å². The zero-order valence-electron chi connectivity index (χ0n) is 12.4. The van der Waals surface area contributed by atoms with E-state index in [1.807, 2.05) is 0 Å². The molecule has 3 nitrogen and oxygen atoms in total. The Hall–Kier alpha value is -1.06. The fraction of sp³-hybridized carbons (Fsp3) is 0.625. The van der Waals surface area contributed by atoms with Crippen LogP contribution in [0.25, 0.3) is 0 Å². The molecular formula is C16H26N2O. The molecule has 0 aliphatic carbocycles. The minimum absolute atomic E-state index is 0.658. The summed E-state index contributed by atoms with van der Waals surface area (Å²) in [6.07, 6.45) is 3.69. The second-order valence-electron chi connectivity index (χ2n) is 5.49. The van der Waals surface area contributed by atoms with Crippen molar-refractivity contribution in [3.63, 3.8) is 0 Å². The summed E-state index contributed by atoms with van der Waals surface area (Å²) in [5.41, 5.74) is 2.67. The quantitative estimate of drug-likeness (QED) is 0.852. The number of nitrogens with one attached hydrogen (secondary N) is 1. The van der Waals surface area contributed by atoms with E-state index < -0.39 is 0 Å². The molecule has 1 aromatic rings. The van der Waals surface area contributed by atoms with Crippen LogP contribution in [-0.2, 0) is 13.0 Å². The standard InChI is InChI=1S/C16H26N2O/c1-4-13-7-8-16(19-3)14(10-13)11-18(2)12-15-6-5-9-17-15/h7-8,10,15,17H,4-6,9,11-12H2,1-3H3. The molecule has 1 aliphatic rings. The van der Waals surface area contributed by atoms with Crippen LogP contribution in [0.2, 0.25) is 0 Å². The molecule has 3 heteroatoms. The molecule has 1 aromatic carbocycles. The molecule has 1 atom stereocenters. The zero-order chi connectivity index (χ0) is 13.7. The molecule has 106 valence electrons. The van der Waals surface area contributed by atoms with Crippen LogP contribution < -0.4 is 10.1 Å². The molecule has 0 aromatic heterocycles. The van der Waals surface area contributed by atoms with E-state index >= 15 is 0 Å². The monoisotopic (exact) mass is 262 g/mol. The van der Waals surface area contributed by atoms with Gasteiger partial charge >= 0.3 is 0 Å². The highest BCUT2D eigenvalue weighted by molar-refractivity contribution is 5.37. The molecule has 1 heterocycles. The predicted octanol–water partition coefficient (Wildman–Crippen LogP) is 2.44. The van der Waals surface area contributed by atoms with Gasteiger partial charge in [0.2, 0.25) is 0 Å². The molecule has 0 spiro atoms. The fourth-order valence-electron chi connectivity index (χ4n) is 2.82. The number of aryl methyl sites for hydroxylation is 1. The molecule has 2 rings (SSSR count). The number of rotatable bonds is 6. The highest BCUT2D eigenvalue weighted by Gasteiger charge is 2.16. The molecule has 0 bridgehead atoms. The first-order valence-corrected chi connectivity index (χ1v) is 7.30. The van der Waals surface area contributed by atoms with Gasteiger partial charge in [-0.25, -0.2) is 0 Å². The fourth-order valence-corrected chi connectivity index (χ4v) is 2.82. The van der Waals surface area contributed by atoms with Gasteiger partial charge in [-0.3, -0.25) is 0 Å². The summed E-state index contributed by atoms with van der Waals surface area (Å²) in [4.78, 5) is 2.39. The number of ether oxygens (including phenoxy) is 1. The van der Waals surface area contributed by atoms with Crippen molar-refractivity contribution < 1.29 is 4.74 Å². The third-order valence-electron chi connectivity index (χ3n) is 3.89. The maximum absolute atomic E-state index is 5.47. The van der Waals surface area contributed by atoms with E-state index in [1.54, 1.807) is 7.11 Å². The Bertz CT molecular complexity index is 400. The second-order valence-corrected chi connectivity index (χ2v) is 5.49. The Morgan fingerprint density at radius 3 is 2.89 bits per heavy atom. The number of hydrogen-bond acceptors (Lipinski definition) is 3. The Kier molecular flexibility index (Phi) is 5.23. The van der Waals surface area contributed by atoms with E-state index in [9.17, 15) is 0 Å². The second kappa shape index (κ2) is 6.92. The molecule has 1 unspecified atom stereocenters. The van der Waals surface area contributed by atoms with E-state index in [0.717, 1.165) is 25.3 Å². The predicted molar refractivity (Wildman–Crippen MR) is 79.7 cm³/mol. The van der Waals surface area contributed by atoms with Crippen molar-refractivity contribution in [1.29, 1.82) is 0 Å². The Labute approximate surface area is 116 Å².